The molecule has 1 fully saturated rings. The highest BCUT2D eigenvalue weighted by Crippen LogP contribution is 2.22. The second-order valence-corrected chi connectivity index (χ2v) is 5.30. The average Bonchev–Trinajstić information content (AvgIpc) is 2.72. The van der Waals surface area contributed by atoms with E-state index in [1.165, 1.54) is 14.0 Å². The van der Waals surface area contributed by atoms with Crippen LogP contribution in [0.3, 0.4) is 0 Å². The molecule has 3 atom stereocenters. The van der Waals surface area contributed by atoms with E-state index in [1.807, 2.05) is 6.92 Å². The lowest BCUT2D eigenvalue weighted by Crippen LogP contribution is -2.55. The fraction of sp³-hybridized carbons (Fsp3) is 0.846. The molecule has 1 saturated heterocycles. The highest BCUT2D eigenvalue weighted by Gasteiger charge is 2.35. The minimum absolute atomic E-state index is 0.0644. The van der Waals surface area contributed by atoms with E-state index in [9.17, 15) is 9.59 Å². The second kappa shape index (κ2) is 6.86. The molecular formula is C13H23NO5. The molecular weight excluding hydrogens is 250 g/mol. The van der Waals surface area contributed by atoms with E-state index in [2.05, 4.69) is 5.32 Å². The van der Waals surface area contributed by atoms with Gasteiger partial charge in [-0.15, -0.1) is 0 Å². The van der Waals surface area contributed by atoms with Crippen LogP contribution in [-0.2, 0) is 19.1 Å². The van der Waals surface area contributed by atoms with Gasteiger partial charge in [0.1, 0.15) is 0 Å². The number of carbonyl (C=O) groups is 2. The maximum atomic E-state index is 11.8. The fourth-order valence-corrected chi connectivity index (χ4v) is 2.20. The zero-order valence-corrected chi connectivity index (χ0v) is 11.8. The molecule has 19 heavy (non-hydrogen) atoms. The summed E-state index contributed by atoms with van der Waals surface area (Å²) in [6, 6.07) is 0. The summed E-state index contributed by atoms with van der Waals surface area (Å²) in [5.41, 5.74) is -1.38. The summed E-state index contributed by atoms with van der Waals surface area (Å²) in [6.45, 7) is 3.38. The van der Waals surface area contributed by atoms with Crippen molar-refractivity contribution in [2.45, 2.75) is 57.3 Å². The fourth-order valence-electron chi connectivity index (χ4n) is 2.20. The van der Waals surface area contributed by atoms with Gasteiger partial charge < -0.3 is 19.9 Å². The van der Waals surface area contributed by atoms with Crippen molar-refractivity contribution in [3.05, 3.63) is 0 Å². The summed E-state index contributed by atoms with van der Waals surface area (Å²) in [4.78, 5) is 22.9. The number of hydrogen-bond donors (Lipinski definition) is 2. The molecule has 0 aliphatic carbocycles. The van der Waals surface area contributed by atoms with Gasteiger partial charge in [-0.25, -0.2) is 4.79 Å². The van der Waals surface area contributed by atoms with Crippen LogP contribution in [0.1, 0.15) is 39.5 Å². The predicted octanol–water partition coefficient (Wildman–Crippen LogP) is 0.940. The zero-order chi connectivity index (χ0) is 14.5. The molecule has 2 N–H and O–H groups in total. The van der Waals surface area contributed by atoms with E-state index in [0.717, 1.165) is 12.8 Å². The molecule has 110 valence electrons. The van der Waals surface area contributed by atoms with Crippen molar-refractivity contribution in [2.24, 2.45) is 0 Å². The largest absolute Gasteiger partial charge is 0.479 e. The van der Waals surface area contributed by atoms with E-state index in [-0.39, 0.29) is 31.1 Å². The molecule has 0 aromatic heterocycles. The van der Waals surface area contributed by atoms with Crippen LogP contribution < -0.4 is 5.32 Å². The number of carbonyl (C=O) groups excluding carboxylic acids is 1. The Hall–Kier alpha value is -1.14. The summed E-state index contributed by atoms with van der Waals surface area (Å²) in [5.74, 6) is -1.39. The Morgan fingerprint density at radius 3 is 2.63 bits per heavy atom. The Balaban J connectivity index is 2.38. The normalized spacial score (nSPS) is 25.8. The maximum Gasteiger partial charge on any atom is 0.331 e. The van der Waals surface area contributed by atoms with Gasteiger partial charge in [-0.1, -0.05) is 0 Å². The average molecular weight is 273 g/mol. The van der Waals surface area contributed by atoms with Crippen molar-refractivity contribution in [1.29, 1.82) is 0 Å². The summed E-state index contributed by atoms with van der Waals surface area (Å²) < 4.78 is 10.5. The van der Waals surface area contributed by atoms with E-state index in [1.54, 1.807) is 0 Å². The number of ether oxygens (including phenoxy) is 2. The third-order valence-corrected chi connectivity index (χ3v) is 3.33. The van der Waals surface area contributed by atoms with Crippen LogP contribution in [-0.4, -0.2) is 48.4 Å². The molecule has 0 aromatic rings. The molecule has 0 bridgehead atoms. The zero-order valence-electron chi connectivity index (χ0n) is 11.8. The Morgan fingerprint density at radius 1 is 1.47 bits per heavy atom. The molecule has 0 radical (unpaired) electrons. The Bertz CT molecular complexity index is 333. The number of methoxy groups -OCH3 is 1. The third kappa shape index (κ3) is 4.80. The number of nitrogens with one attached hydrogen (secondary N) is 1. The highest BCUT2D eigenvalue weighted by molar-refractivity contribution is 5.86. The van der Waals surface area contributed by atoms with Gasteiger partial charge in [0.2, 0.25) is 5.91 Å². The van der Waals surface area contributed by atoms with Crippen LogP contribution in [0.4, 0.5) is 0 Å². The SMILES string of the molecule is COCC(C)(NC(=O)CCC1CCC(C)O1)C(=O)O. The number of aliphatic carboxylic acids is 1. The van der Waals surface area contributed by atoms with Crippen LogP contribution in [0.25, 0.3) is 0 Å². The lowest BCUT2D eigenvalue weighted by molar-refractivity contribution is -0.149. The predicted molar refractivity (Wildman–Crippen MR) is 68.9 cm³/mol. The quantitative estimate of drug-likeness (QED) is 0.721. The van der Waals surface area contributed by atoms with E-state index < -0.39 is 11.5 Å². The smallest absolute Gasteiger partial charge is 0.331 e. The molecule has 6 heteroatoms. The van der Waals surface area contributed by atoms with E-state index >= 15 is 0 Å². The number of carboxylic acid groups (broad SMARTS) is 1. The number of rotatable bonds is 7. The third-order valence-electron chi connectivity index (χ3n) is 3.33. The van der Waals surface area contributed by atoms with Crippen LogP contribution in [0.2, 0.25) is 0 Å². The minimum atomic E-state index is -1.38. The molecule has 1 amide bonds. The molecule has 3 unspecified atom stereocenters. The standard InChI is InChI=1S/C13H23NO5/c1-9-4-5-10(19-9)6-7-11(15)14-13(2,8-18-3)12(16)17/h9-10H,4-8H2,1-3H3,(H,14,15)(H,16,17). The Kier molecular flexibility index (Phi) is 5.75. The van der Waals surface area contributed by atoms with Crippen molar-refractivity contribution in [1.82, 2.24) is 5.32 Å². The lowest BCUT2D eigenvalue weighted by atomic mass is 10.0. The number of hydrogen-bond acceptors (Lipinski definition) is 4. The van der Waals surface area contributed by atoms with Gasteiger partial charge in [-0.3, -0.25) is 4.79 Å². The van der Waals surface area contributed by atoms with Gasteiger partial charge in [0.25, 0.3) is 0 Å². The first-order valence-electron chi connectivity index (χ1n) is 6.56. The molecule has 0 spiro atoms. The van der Waals surface area contributed by atoms with Crippen LogP contribution in [0.15, 0.2) is 0 Å². The van der Waals surface area contributed by atoms with Crippen LogP contribution in [0, 0.1) is 0 Å². The molecule has 6 nitrogen and oxygen atoms in total. The lowest BCUT2D eigenvalue weighted by Gasteiger charge is -2.25. The van der Waals surface area contributed by atoms with Crippen LogP contribution in [0.5, 0.6) is 0 Å². The first kappa shape index (κ1) is 15.9. The molecule has 1 aliphatic rings. The van der Waals surface area contributed by atoms with Gasteiger partial charge in [-0.05, 0) is 33.1 Å². The van der Waals surface area contributed by atoms with Gasteiger partial charge in [0.15, 0.2) is 5.54 Å². The topological polar surface area (TPSA) is 84.9 Å². The highest BCUT2D eigenvalue weighted by atomic mass is 16.5. The van der Waals surface area contributed by atoms with Gasteiger partial charge in [0, 0.05) is 13.5 Å². The van der Waals surface area contributed by atoms with Crippen LogP contribution >= 0.6 is 0 Å². The molecule has 1 heterocycles. The maximum absolute atomic E-state index is 11.8. The summed E-state index contributed by atoms with van der Waals surface area (Å²) in [7, 11) is 1.40. The van der Waals surface area contributed by atoms with Gasteiger partial charge in [-0.2, -0.15) is 0 Å². The van der Waals surface area contributed by atoms with Crippen molar-refractivity contribution in [3.8, 4) is 0 Å². The number of carboxylic acids is 1. The molecule has 1 aliphatic heterocycles. The van der Waals surface area contributed by atoms with E-state index in [4.69, 9.17) is 14.6 Å². The molecule has 0 saturated carbocycles. The van der Waals surface area contributed by atoms with Crippen molar-refractivity contribution in [3.63, 3.8) is 0 Å². The first-order chi connectivity index (χ1) is 8.87. The Morgan fingerprint density at radius 2 is 2.16 bits per heavy atom. The summed E-state index contributed by atoms with van der Waals surface area (Å²) in [6.07, 6.45) is 3.24. The molecule has 0 aromatic carbocycles. The second-order valence-electron chi connectivity index (χ2n) is 5.30. The summed E-state index contributed by atoms with van der Waals surface area (Å²) >= 11 is 0. The van der Waals surface area contributed by atoms with Crippen molar-refractivity contribution >= 4 is 11.9 Å². The van der Waals surface area contributed by atoms with E-state index in [0.29, 0.717) is 6.42 Å². The Labute approximate surface area is 113 Å². The van der Waals surface area contributed by atoms with Gasteiger partial charge in [0.05, 0.1) is 18.8 Å². The number of amides is 1. The van der Waals surface area contributed by atoms with Gasteiger partial charge >= 0.3 is 5.97 Å². The van der Waals surface area contributed by atoms with Crippen molar-refractivity contribution < 1.29 is 24.2 Å². The van der Waals surface area contributed by atoms with Crippen molar-refractivity contribution in [2.75, 3.05) is 13.7 Å². The minimum Gasteiger partial charge on any atom is -0.479 e. The molecule has 1 rings (SSSR count). The first-order valence-corrected chi connectivity index (χ1v) is 6.56. The summed E-state index contributed by atoms with van der Waals surface area (Å²) in [5, 5.41) is 11.6. The monoisotopic (exact) mass is 273 g/mol.